The van der Waals surface area contributed by atoms with Crippen LogP contribution in [0.1, 0.15) is 11.4 Å². The lowest BCUT2D eigenvalue weighted by atomic mass is 10.2. The maximum Gasteiger partial charge on any atom is 0.433 e. The molecule has 1 aromatic rings. The van der Waals surface area contributed by atoms with Gasteiger partial charge in [0.25, 0.3) is 0 Å². The highest BCUT2D eigenvalue weighted by Crippen LogP contribution is 2.30. The Balaban J connectivity index is 2.31. The van der Waals surface area contributed by atoms with E-state index in [-0.39, 0.29) is 0 Å². The van der Waals surface area contributed by atoms with E-state index in [0.717, 1.165) is 32.2 Å². The van der Waals surface area contributed by atoms with Crippen LogP contribution in [0.4, 0.5) is 18.9 Å². The number of aromatic nitrogens is 1. The fraction of sp³-hybridized carbons (Fsp3) is 0.545. The van der Waals surface area contributed by atoms with E-state index in [1.165, 1.54) is 0 Å². The first-order valence-corrected chi connectivity index (χ1v) is 5.48. The molecule has 0 saturated carbocycles. The Kier molecular flexibility index (Phi) is 3.24. The van der Waals surface area contributed by atoms with Crippen molar-refractivity contribution in [2.75, 3.05) is 31.1 Å². The Hall–Kier alpha value is -1.30. The Bertz CT molecular complexity index is 397. The smallest absolute Gasteiger partial charge is 0.369 e. The predicted octanol–water partition coefficient (Wildman–Crippen LogP) is 1.82. The third kappa shape index (κ3) is 2.88. The highest BCUT2D eigenvalue weighted by molar-refractivity contribution is 5.49. The van der Waals surface area contributed by atoms with Gasteiger partial charge in [-0.25, -0.2) is 4.98 Å². The highest BCUT2D eigenvalue weighted by Gasteiger charge is 2.33. The largest absolute Gasteiger partial charge is 0.433 e. The normalized spacial score (nSPS) is 17.3. The van der Waals surface area contributed by atoms with Crippen molar-refractivity contribution in [2.45, 2.75) is 13.1 Å². The molecule has 0 bridgehead atoms. The molecule has 0 aromatic carbocycles. The van der Waals surface area contributed by atoms with E-state index in [1.54, 1.807) is 13.0 Å². The first-order chi connectivity index (χ1) is 7.97. The number of nitrogens with zero attached hydrogens (tertiary/aromatic N) is 2. The van der Waals surface area contributed by atoms with E-state index in [1.807, 2.05) is 4.90 Å². The van der Waals surface area contributed by atoms with Crippen molar-refractivity contribution >= 4 is 5.69 Å². The van der Waals surface area contributed by atoms with E-state index in [2.05, 4.69) is 10.3 Å². The summed E-state index contributed by atoms with van der Waals surface area (Å²) in [6.45, 7) is 4.62. The van der Waals surface area contributed by atoms with Crippen LogP contribution in [0.25, 0.3) is 0 Å². The lowest BCUT2D eigenvalue weighted by Crippen LogP contribution is -2.43. The number of aryl methyl sites for hydroxylation is 1. The van der Waals surface area contributed by atoms with Crippen LogP contribution in [0.2, 0.25) is 0 Å². The van der Waals surface area contributed by atoms with E-state index in [9.17, 15) is 13.2 Å². The molecular weight excluding hydrogens is 231 g/mol. The standard InChI is InChI=1S/C11H14F3N3/c1-8-6-9(17-4-2-15-3-5-17)7-10(16-8)11(12,13)14/h6-7,15H,2-5H2,1H3. The van der Waals surface area contributed by atoms with Gasteiger partial charge in [0.15, 0.2) is 0 Å². The van der Waals surface area contributed by atoms with Crippen molar-refractivity contribution in [1.82, 2.24) is 10.3 Å². The van der Waals surface area contributed by atoms with Crippen LogP contribution in [0.5, 0.6) is 0 Å². The average molecular weight is 245 g/mol. The van der Waals surface area contributed by atoms with E-state index < -0.39 is 11.9 Å². The summed E-state index contributed by atoms with van der Waals surface area (Å²) in [4.78, 5) is 5.48. The van der Waals surface area contributed by atoms with Crippen molar-refractivity contribution in [3.05, 3.63) is 23.5 Å². The molecule has 1 aliphatic rings. The van der Waals surface area contributed by atoms with Gasteiger partial charge in [0, 0.05) is 37.6 Å². The summed E-state index contributed by atoms with van der Waals surface area (Å²) in [6, 6.07) is 2.82. The minimum absolute atomic E-state index is 0.397. The summed E-state index contributed by atoms with van der Waals surface area (Å²) >= 11 is 0. The monoisotopic (exact) mass is 245 g/mol. The molecule has 1 aromatic heterocycles. The molecule has 1 saturated heterocycles. The number of anilines is 1. The van der Waals surface area contributed by atoms with Gasteiger partial charge >= 0.3 is 6.18 Å². The molecule has 0 amide bonds. The number of halogens is 3. The number of piperazine rings is 1. The van der Waals surface area contributed by atoms with Gasteiger partial charge in [-0.2, -0.15) is 13.2 Å². The van der Waals surface area contributed by atoms with Gasteiger partial charge in [-0.15, -0.1) is 0 Å². The summed E-state index contributed by atoms with van der Waals surface area (Å²) in [6.07, 6.45) is -4.38. The second kappa shape index (κ2) is 4.52. The van der Waals surface area contributed by atoms with Crippen LogP contribution >= 0.6 is 0 Å². The average Bonchev–Trinajstić information content (AvgIpc) is 2.28. The molecule has 2 rings (SSSR count). The number of alkyl halides is 3. The summed E-state index contributed by atoms with van der Waals surface area (Å²) in [7, 11) is 0. The van der Waals surface area contributed by atoms with Gasteiger partial charge in [-0.1, -0.05) is 0 Å². The molecule has 0 spiro atoms. The van der Waals surface area contributed by atoms with Crippen molar-refractivity contribution in [3.8, 4) is 0 Å². The number of nitrogens with one attached hydrogen (secondary N) is 1. The second-order valence-corrected chi connectivity index (χ2v) is 4.09. The highest BCUT2D eigenvalue weighted by atomic mass is 19.4. The summed E-state index contributed by atoms with van der Waals surface area (Å²) < 4.78 is 37.9. The topological polar surface area (TPSA) is 28.2 Å². The molecule has 3 nitrogen and oxygen atoms in total. The molecule has 2 heterocycles. The fourth-order valence-corrected chi connectivity index (χ4v) is 1.90. The minimum Gasteiger partial charge on any atom is -0.369 e. The zero-order valence-electron chi connectivity index (χ0n) is 9.51. The zero-order valence-corrected chi connectivity index (χ0v) is 9.51. The van der Waals surface area contributed by atoms with Crippen LogP contribution in [0.3, 0.4) is 0 Å². The SMILES string of the molecule is Cc1cc(N2CCNCC2)cc(C(F)(F)F)n1. The Morgan fingerprint density at radius 1 is 1.24 bits per heavy atom. The molecule has 0 aliphatic carbocycles. The van der Waals surface area contributed by atoms with Crippen LogP contribution in [0, 0.1) is 6.92 Å². The molecule has 17 heavy (non-hydrogen) atoms. The van der Waals surface area contributed by atoms with Gasteiger partial charge in [-0.3, -0.25) is 0 Å². The first-order valence-electron chi connectivity index (χ1n) is 5.48. The molecule has 0 atom stereocenters. The maximum absolute atomic E-state index is 12.6. The number of hydrogen-bond acceptors (Lipinski definition) is 3. The number of rotatable bonds is 1. The van der Waals surface area contributed by atoms with Crippen molar-refractivity contribution < 1.29 is 13.2 Å². The molecule has 0 unspecified atom stereocenters. The number of pyridine rings is 1. The van der Waals surface area contributed by atoms with Crippen molar-refractivity contribution in [3.63, 3.8) is 0 Å². The van der Waals surface area contributed by atoms with Gasteiger partial charge in [0.2, 0.25) is 0 Å². The third-order valence-electron chi connectivity index (χ3n) is 2.71. The molecule has 1 fully saturated rings. The summed E-state index contributed by atoms with van der Waals surface area (Å²) in [5.41, 5.74) is 0.186. The number of hydrogen-bond donors (Lipinski definition) is 1. The van der Waals surface area contributed by atoms with Gasteiger partial charge in [0.05, 0.1) is 0 Å². The van der Waals surface area contributed by atoms with Crippen LogP contribution in [-0.4, -0.2) is 31.2 Å². The van der Waals surface area contributed by atoms with Gasteiger partial charge < -0.3 is 10.2 Å². The quantitative estimate of drug-likeness (QED) is 0.818. The van der Waals surface area contributed by atoms with Crippen molar-refractivity contribution in [2.24, 2.45) is 0 Å². The Morgan fingerprint density at radius 2 is 1.88 bits per heavy atom. The fourth-order valence-electron chi connectivity index (χ4n) is 1.90. The van der Waals surface area contributed by atoms with Crippen LogP contribution < -0.4 is 10.2 Å². The molecule has 1 N–H and O–H groups in total. The lowest BCUT2D eigenvalue weighted by molar-refractivity contribution is -0.141. The first kappa shape index (κ1) is 12.2. The van der Waals surface area contributed by atoms with Gasteiger partial charge in [-0.05, 0) is 19.1 Å². The lowest BCUT2D eigenvalue weighted by Gasteiger charge is -2.30. The van der Waals surface area contributed by atoms with Crippen LogP contribution in [-0.2, 0) is 6.18 Å². The predicted molar refractivity (Wildman–Crippen MR) is 59.1 cm³/mol. The second-order valence-electron chi connectivity index (χ2n) is 4.09. The molecule has 0 radical (unpaired) electrons. The van der Waals surface area contributed by atoms with Crippen LogP contribution in [0.15, 0.2) is 12.1 Å². The Morgan fingerprint density at radius 3 is 2.47 bits per heavy atom. The molecule has 1 aliphatic heterocycles. The summed E-state index contributed by atoms with van der Waals surface area (Å²) in [5.74, 6) is 0. The minimum atomic E-state index is -4.38. The third-order valence-corrected chi connectivity index (χ3v) is 2.71. The summed E-state index contributed by atoms with van der Waals surface area (Å²) in [5, 5.41) is 3.16. The van der Waals surface area contributed by atoms with E-state index >= 15 is 0 Å². The van der Waals surface area contributed by atoms with Gasteiger partial charge in [0.1, 0.15) is 5.69 Å². The van der Waals surface area contributed by atoms with E-state index in [0.29, 0.717) is 11.4 Å². The molecular formula is C11H14F3N3. The van der Waals surface area contributed by atoms with E-state index in [4.69, 9.17) is 0 Å². The molecule has 6 heteroatoms. The molecule has 94 valence electrons. The van der Waals surface area contributed by atoms with Crippen molar-refractivity contribution in [1.29, 1.82) is 0 Å². The Labute approximate surface area is 97.6 Å². The maximum atomic E-state index is 12.6. The zero-order chi connectivity index (χ0) is 12.5.